The molecule has 2 heterocycles. The van der Waals surface area contributed by atoms with Crippen molar-refractivity contribution in [3.63, 3.8) is 0 Å². The van der Waals surface area contributed by atoms with Gasteiger partial charge in [0.15, 0.2) is 0 Å². The first-order valence-corrected chi connectivity index (χ1v) is 5.96. The predicted molar refractivity (Wildman–Crippen MR) is 70.9 cm³/mol. The minimum Gasteiger partial charge on any atom is -0.372 e. The SMILES string of the molecule is CNc1cncc(C(=O)NCCn2cc(C)cn2)n1. The van der Waals surface area contributed by atoms with Gasteiger partial charge in [-0.25, -0.2) is 4.98 Å². The van der Waals surface area contributed by atoms with E-state index in [2.05, 4.69) is 25.7 Å². The smallest absolute Gasteiger partial charge is 0.271 e. The Bertz CT molecular complexity index is 565. The van der Waals surface area contributed by atoms with Crippen LogP contribution < -0.4 is 10.6 Å². The van der Waals surface area contributed by atoms with E-state index in [1.54, 1.807) is 24.1 Å². The molecule has 2 aromatic rings. The second-order valence-corrected chi connectivity index (χ2v) is 4.08. The Labute approximate surface area is 111 Å². The molecule has 0 bridgehead atoms. The molecule has 0 unspecified atom stereocenters. The molecule has 0 saturated heterocycles. The molecule has 100 valence electrons. The molecule has 0 aliphatic rings. The predicted octanol–water partition coefficient (Wildman–Crippen LogP) is 0.453. The van der Waals surface area contributed by atoms with Crippen molar-refractivity contribution in [3.8, 4) is 0 Å². The van der Waals surface area contributed by atoms with E-state index >= 15 is 0 Å². The van der Waals surface area contributed by atoms with Crippen molar-refractivity contribution >= 4 is 11.7 Å². The molecule has 0 spiro atoms. The van der Waals surface area contributed by atoms with Crippen molar-refractivity contribution in [1.29, 1.82) is 0 Å². The molecule has 0 aromatic carbocycles. The Morgan fingerprint density at radius 2 is 2.21 bits per heavy atom. The molecule has 7 heteroatoms. The van der Waals surface area contributed by atoms with Crippen LogP contribution in [0, 0.1) is 6.92 Å². The maximum Gasteiger partial charge on any atom is 0.271 e. The average molecular weight is 260 g/mol. The minimum atomic E-state index is -0.242. The zero-order chi connectivity index (χ0) is 13.7. The molecule has 0 atom stereocenters. The quantitative estimate of drug-likeness (QED) is 0.815. The van der Waals surface area contributed by atoms with Gasteiger partial charge >= 0.3 is 0 Å². The maximum atomic E-state index is 11.8. The first-order valence-electron chi connectivity index (χ1n) is 5.96. The van der Waals surface area contributed by atoms with E-state index in [4.69, 9.17) is 0 Å². The number of amides is 1. The van der Waals surface area contributed by atoms with E-state index < -0.39 is 0 Å². The van der Waals surface area contributed by atoms with Crippen LogP contribution in [0.2, 0.25) is 0 Å². The standard InChI is InChI=1S/C12H16N6O/c1-9-5-16-18(8-9)4-3-15-12(19)10-6-14-7-11(13-2)17-10/h5-8H,3-4H2,1-2H3,(H,13,17)(H,15,19). The van der Waals surface area contributed by atoms with E-state index in [-0.39, 0.29) is 5.91 Å². The van der Waals surface area contributed by atoms with Crippen molar-refractivity contribution in [2.45, 2.75) is 13.5 Å². The van der Waals surface area contributed by atoms with E-state index in [1.807, 2.05) is 13.1 Å². The van der Waals surface area contributed by atoms with E-state index in [9.17, 15) is 4.79 Å². The number of carbonyl (C=O) groups is 1. The highest BCUT2D eigenvalue weighted by Gasteiger charge is 2.07. The Morgan fingerprint density at radius 1 is 1.37 bits per heavy atom. The summed E-state index contributed by atoms with van der Waals surface area (Å²) in [7, 11) is 1.73. The van der Waals surface area contributed by atoms with Gasteiger partial charge < -0.3 is 10.6 Å². The van der Waals surface area contributed by atoms with Crippen LogP contribution in [-0.2, 0) is 6.54 Å². The second kappa shape index (κ2) is 5.94. The number of rotatable bonds is 5. The normalized spacial score (nSPS) is 10.2. The van der Waals surface area contributed by atoms with Crippen LogP contribution in [0.1, 0.15) is 16.1 Å². The number of nitrogens with one attached hydrogen (secondary N) is 2. The summed E-state index contributed by atoms with van der Waals surface area (Å²) < 4.78 is 1.78. The third kappa shape index (κ3) is 3.51. The van der Waals surface area contributed by atoms with Gasteiger partial charge in [0.1, 0.15) is 11.5 Å². The summed E-state index contributed by atoms with van der Waals surface area (Å²) in [4.78, 5) is 19.9. The third-order valence-electron chi connectivity index (χ3n) is 2.51. The lowest BCUT2D eigenvalue weighted by atomic mass is 10.4. The maximum absolute atomic E-state index is 11.8. The average Bonchev–Trinajstić information content (AvgIpc) is 2.84. The van der Waals surface area contributed by atoms with Crippen LogP contribution >= 0.6 is 0 Å². The van der Waals surface area contributed by atoms with Crippen LogP contribution in [0.5, 0.6) is 0 Å². The fourth-order valence-electron chi connectivity index (χ4n) is 1.56. The molecule has 7 nitrogen and oxygen atoms in total. The number of nitrogens with zero attached hydrogens (tertiary/aromatic N) is 4. The minimum absolute atomic E-state index is 0.242. The number of carbonyl (C=O) groups excluding carboxylic acids is 1. The first-order chi connectivity index (χ1) is 9.19. The van der Waals surface area contributed by atoms with Gasteiger partial charge in [-0.2, -0.15) is 5.10 Å². The highest BCUT2D eigenvalue weighted by atomic mass is 16.1. The van der Waals surface area contributed by atoms with E-state index in [0.717, 1.165) is 5.56 Å². The number of anilines is 1. The summed E-state index contributed by atoms with van der Waals surface area (Å²) in [6.45, 7) is 3.09. The van der Waals surface area contributed by atoms with Gasteiger partial charge in [0.25, 0.3) is 5.91 Å². The fourth-order valence-corrected chi connectivity index (χ4v) is 1.56. The summed E-state index contributed by atoms with van der Waals surface area (Å²) >= 11 is 0. The van der Waals surface area contributed by atoms with Gasteiger partial charge in [0.2, 0.25) is 0 Å². The molecule has 0 fully saturated rings. The molecule has 2 N–H and O–H groups in total. The van der Waals surface area contributed by atoms with Crippen molar-refractivity contribution in [2.24, 2.45) is 0 Å². The molecule has 1 amide bonds. The lowest BCUT2D eigenvalue weighted by Crippen LogP contribution is -2.28. The number of aryl methyl sites for hydroxylation is 1. The first kappa shape index (κ1) is 13.0. The molecular weight excluding hydrogens is 244 g/mol. The molecule has 0 aliphatic heterocycles. The van der Waals surface area contributed by atoms with Gasteiger partial charge in [-0.15, -0.1) is 0 Å². The molecular formula is C12H16N6O. The zero-order valence-corrected chi connectivity index (χ0v) is 10.9. The summed E-state index contributed by atoms with van der Waals surface area (Å²) in [6.07, 6.45) is 6.70. The van der Waals surface area contributed by atoms with Gasteiger partial charge in [-0.05, 0) is 12.5 Å². The van der Waals surface area contributed by atoms with Crippen molar-refractivity contribution in [3.05, 3.63) is 36.0 Å². The van der Waals surface area contributed by atoms with E-state index in [0.29, 0.717) is 24.6 Å². The van der Waals surface area contributed by atoms with Crippen molar-refractivity contribution in [1.82, 2.24) is 25.1 Å². The fraction of sp³-hybridized carbons (Fsp3) is 0.333. The van der Waals surface area contributed by atoms with Crippen molar-refractivity contribution in [2.75, 3.05) is 18.9 Å². The number of aromatic nitrogens is 4. The Kier molecular flexibility index (Phi) is 4.07. The van der Waals surface area contributed by atoms with Gasteiger partial charge in [0.05, 0.1) is 25.1 Å². The van der Waals surface area contributed by atoms with Gasteiger partial charge in [0, 0.05) is 19.8 Å². The topological polar surface area (TPSA) is 84.7 Å². The summed E-state index contributed by atoms with van der Waals surface area (Å²) in [6, 6.07) is 0. The van der Waals surface area contributed by atoms with Crippen LogP contribution in [0.4, 0.5) is 5.82 Å². The lowest BCUT2D eigenvalue weighted by molar-refractivity contribution is 0.0946. The molecule has 0 saturated carbocycles. The molecule has 0 aliphatic carbocycles. The molecule has 2 rings (SSSR count). The Hall–Kier alpha value is -2.44. The third-order valence-corrected chi connectivity index (χ3v) is 2.51. The van der Waals surface area contributed by atoms with Crippen LogP contribution in [0.3, 0.4) is 0 Å². The summed E-state index contributed by atoms with van der Waals surface area (Å²) in [5, 5.41) is 9.76. The van der Waals surface area contributed by atoms with E-state index in [1.165, 1.54) is 6.20 Å². The highest BCUT2D eigenvalue weighted by Crippen LogP contribution is 2.00. The van der Waals surface area contributed by atoms with Crippen LogP contribution in [0.15, 0.2) is 24.8 Å². The lowest BCUT2D eigenvalue weighted by Gasteiger charge is -2.05. The van der Waals surface area contributed by atoms with Crippen LogP contribution in [0.25, 0.3) is 0 Å². The Balaban J connectivity index is 1.87. The van der Waals surface area contributed by atoms with Gasteiger partial charge in [-0.1, -0.05) is 0 Å². The molecule has 2 aromatic heterocycles. The van der Waals surface area contributed by atoms with Gasteiger partial charge in [-0.3, -0.25) is 14.5 Å². The molecule has 19 heavy (non-hydrogen) atoms. The second-order valence-electron chi connectivity index (χ2n) is 4.08. The number of hydrogen-bond donors (Lipinski definition) is 2. The summed E-state index contributed by atoms with van der Waals surface area (Å²) in [5.41, 5.74) is 1.39. The largest absolute Gasteiger partial charge is 0.372 e. The number of hydrogen-bond acceptors (Lipinski definition) is 5. The zero-order valence-electron chi connectivity index (χ0n) is 10.9. The highest BCUT2D eigenvalue weighted by molar-refractivity contribution is 5.92. The van der Waals surface area contributed by atoms with Crippen LogP contribution in [-0.4, -0.2) is 39.2 Å². The summed E-state index contributed by atoms with van der Waals surface area (Å²) in [5.74, 6) is 0.323. The molecule has 0 radical (unpaired) electrons. The Morgan fingerprint density at radius 3 is 2.89 bits per heavy atom. The van der Waals surface area contributed by atoms with Crippen molar-refractivity contribution < 1.29 is 4.79 Å². The monoisotopic (exact) mass is 260 g/mol.